The van der Waals surface area contributed by atoms with Gasteiger partial charge in [0.15, 0.2) is 0 Å². The normalized spacial score (nSPS) is 14.7. The summed E-state index contributed by atoms with van der Waals surface area (Å²) in [6.45, 7) is 5.93. The molecule has 0 spiro atoms. The highest BCUT2D eigenvalue weighted by Crippen LogP contribution is 2.23. The van der Waals surface area contributed by atoms with Crippen molar-refractivity contribution in [1.82, 2.24) is 9.47 Å². The number of amides is 1. The highest BCUT2D eigenvalue weighted by molar-refractivity contribution is 7.92. The van der Waals surface area contributed by atoms with Crippen molar-refractivity contribution < 1.29 is 13.2 Å². The maximum absolute atomic E-state index is 12.6. The minimum atomic E-state index is -3.77. The molecule has 0 fully saturated rings. The maximum Gasteiger partial charge on any atom is 0.270 e. The number of nitrogens with zero attached hydrogens (tertiary/aromatic N) is 2. The maximum atomic E-state index is 12.6. The fourth-order valence-corrected chi connectivity index (χ4v) is 4.06. The Bertz CT molecular complexity index is 888. The Morgan fingerprint density at radius 3 is 2.52 bits per heavy atom. The summed E-state index contributed by atoms with van der Waals surface area (Å²) in [5, 5.41) is 0.526. The third-order valence-electron chi connectivity index (χ3n) is 3.98. The molecule has 0 saturated heterocycles. The van der Waals surface area contributed by atoms with E-state index in [1.54, 1.807) is 33.7 Å². The minimum absolute atomic E-state index is 0.0807. The van der Waals surface area contributed by atoms with Crippen LogP contribution in [0.3, 0.4) is 0 Å². The number of halogens is 1. The average Bonchev–Trinajstić information content (AvgIpc) is 2.98. The van der Waals surface area contributed by atoms with E-state index in [2.05, 4.69) is 4.72 Å². The molecule has 0 bridgehead atoms. The summed E-state index contributed by atoms with van der Waals surface area (Å²) in [5.74, 6) is 0.230. The molecule has 3 rings (SSSR count). The predicted octanol–water partition coefficient (Wildman–Crippen LogP) is 3.05. The van der Waals surface area contributed by atoms with Crippen LogP contribution < -0.4 is 4.72 Å². The highest BCUT2D eigenvalue weighted by Gasteiger charge is 2.28. The van der Waals surface area contributed by atoms with Gasteiger partial charge >= 0.3 is 0 Å². The lowest BCUT2D eigenvalue weighted by atomic mass is 10.2. The first kappa shape index (κ1) is 17.8. The first-order valence-electron chi connectivity index (χ1n) is 8.04. The average molecular weight is 382 g/mol. The molecular formula is C17H20ClN3O3S. The zero-order valence-electron chi connectivity index (χ0n) is 14.1. The van der Waals surface area contributed by atoms with Crippen LogP contribution in [0.2, 0.25) is 5.02 Å². The van der Waals surface area contributed by atoms with Gasteiger partial charge in [-0.1, -0.05) is 25.4 Å². The monoisotopic (exact) mass is 381 g/mol. The number of hydrogen-bond donors (Lipinski definition) is 1. The predicted molar refractivity (Wildman–Crippen MR) is 97.4 cm³/mol. The van der Waals surface area contributed by atoms with Gasteiger partial charge in [0.05, 0.1) is 0 Å². The van der Waals surface area contributed by atoms with Gasteiger partial charge in [-0.25, -0.2) is 8.42 Å². The van der Waals surface area contributed by atoms with Crippen LogP contribution in [0.15, 0.2) is 41.4 Å². The van der Waals surface area contributed by atoms with E-state index in [0.717, 1.165) is 0 Å². The van der Waals surface area contributed by atoms with Crippen molar-refractivity contribution in [2.75, 3.05) is 17.8 Å². The van der Waals surface area contributed by atoms with E-state index in [0.29, 0.717) is 42.0 Å². The van der Waals surface area contributed by atoms with Crippen molar-refractivity contribution in [3.8, 4) is 0 Å². The van der Waals surface area contributed by atoms with Crippen LogP contribution in [0.4, 0.5) is 5.69 Å². The lowest BCUT2D eigenvalue weighted by Crippen LogP contribution is -2.41. The Morgan fingerprint density at radius 1 is 1.20 bits per heavy atom. The summed E-state index contributed by atoms with van der Waals surface area (Å²) in [5.41, 5.74) is 0.824. The number of carbonyl (C=O) groups excluding carboxylic acids is 1. The second-order valence-corrected chi connectivity index (χ2v) is 8.63. The van der Waals surface area contributed by atoms with Crippen LogP contribution in [0.5, 0.6) is 0 Å². The summed E-state index contributed by atoms with van der Waals surface area (Å²) in [6.07, 6.45) is 1.51. The third-order valence-corrected chi connectivity index (χ3v) is 5.58. The van der Waals surface area contributed by atoms with Crippen LogP contribution in [0.25, 0.3) is 0 Å². The van der Waals surface area contributed by atoms with Crippen molar-refractivity contribution in [1.29, 1.82) is 0 Å². The Labute approximate surface area is 152 Å². The minimum Gasteiger partial charge on any atom is -0.340 e. The van der Waals surface area contributed by atoms with Crippen molar-refractivity contribution >= 4 is 33.2 Å². The summed E-state index contributed by atoms with van der Waals surface area (Å²) in [6, 6.07) is 7.83. The number of anilines is 1. The Morgan fingerprint density at radius 2 is 1.88 bits per heavy atom. The van der Waals surface area contributed by atoms with Crippen LogP contribution in [-0.4, -0.2) is 36.9 Å². The topological polar surface area (TPSA) is 71.4 Å². The van der Waals surface area contributed by atoms with Crippen LogP contribution in [0.1, 0.15) is 24.3 Å². The molecule has 0 unspecified atom stereocenters. The quantitative estimate of drug-likeness (QED) is 0.865. The lowest BCUT2D eigenvalue weighted by molar-refractivity contribution is 0.0683. The Balaban J connectivity index is 1.85. The van der Waals surface area contributed by atoms with Gasteiger partial charge in [-0.05, 0) is 36.2 Å². The van der Waals surface area contributed by atoms with Crippen molar-refractivity contribution in [3.63, 3.8) is 0 Å². The molecule has 2 aromatic rings. The first-order valence-corrected chi connectivity index (χ1v) is 9.90. The number of nitrogens with one attached hydrogen (secondary N) is 1. The van der Waals surface area contributed by atoms with Crippen molar-refractivity contribution in [2.24, 2.45) is 5.92 Å². The summed E-state index contributed by atoms with van der Waals surface area (Å²) >= 11 is 5.81. The number of sulfonamides is 1. The highest BCUT2D eigenvalue weighted by atomic mass is 35.5. The van der Waals surface area contributed by atoms with E-state index in [1.165, 1.54) is 12.3 Å². The van der Waals surface area contributed by atoms with Gasteiger partial charge < -0.3 is 9.47 Å². The van der Waals surface area contributed by atoms with Crippen molar-refractivity contribution in [3.05, 3.63) is 47.2 Å². The van der Waals surface area contributed by atoms with Gasteiger partial charge in [-0.15, -0.1) is 0 Å². The third kappa shape index (κ3) is 3.82. The lowest BCUT2D eigenvalue weighted by Gasteiger charge is -2.29. The SMILES string of the molecule is CC(C)CN1CCn2cc(S(=O)(=O)Nc3ccc(Cl)cc3)cc2C1=O. The molecule has 0 atom stereocenters. The van der Waals surface area contributed by atoms with E-state index in [1.807, 2.05) is 13.8 Å². The van der Waals surface area contributed by atoms with E-state index in [-0.39, 0.29) is 10.8 Å². The summed E-state index contributed by atoms with van der Waals surface area (Å²) in [4.78, 5) is 14.4. The van der Waals surface area contributed by atoms with E-state index >= 15 is 0 Å². The molecule has 0 saturated carbocycles. The van der Waals surface area contributed by atoms with Crippen LogP contribution >= 0.6 is 11.6 Å². The van der Waals surface area contributed by atoms with Gasteiger partial charge in [0.1, 0.15) is 10.6 Å². The molecule has 25 heavy (non-hydrogen) atoms. The van der Waals surface area contributed by atoms with Crippen LogP contribution in [-0.2, 0) is 16.6 Å². The number of fused-ring (bicyclic) bond motifs is 1. The van der Waals surface area contributed by atoms with Crippen molar-refractivity contribution in [2.45, 2.75) is 25.3 Å². The number of benzene rings is 1. The molecule has 134 valence electrons. The van der Waals surface area contributed by atoms with Gasteiger partial charge in [-0.3, -0.25) is 9.52 Å². The van der Waals surface area contributed by atoms with E-state index < -0.39 is 10.0 Å². The number of aromatic nitrogens is 1. The molecule has 0 radical (unpaired) electrons. The molecule has 0 aliphatic carbocycles. The molecule has 1 aliphatic heterocycles. The number of hydrogen-bond acceptors (Lipinski definition) is 3. The molecule has 1 amide bonds. The van der Waals surface area contributed by atoms with Gasteiger partial charge in [-0.2, -0.15) is 0 Å². The Hall–Kier alpha value is -1.99. The zero-order valence-corrected chi connectivity index (χ0v) is 15.6. The number of carbonyl (C=O) groups is 1. The molecule has 2 heterocycles. The smallest absolute Gasteiger partial charge is 0.270 e. The molecule has 1 aromatic heterocycles. The second kappa shape index (κ2) is 6.72. The van der Waals surface area contributed by atoms with Gasteiger partial charge in [0.2, 0.25) is 0 Å². The van der Waals surface area contributed by atoms with E-state index in [4.69, 9.17) is 11.6 Å². The molecule has 1 N–H and O–H groups in total. The molecular weight excluding hydrogens is 362 g/mol. The number of rotatable bonds is 5. The fourth-order valence-electron chi connectivity index (χ4n) is 2.83. The zero-order chi connectivity index (χ0) is 18.2. The van der Waals surface area contributed by atoms with E-state index in [9.17, 15) is 13.2 Å². The largest absolute Gasteiger partial charge is 0.340 e. The van der Waals surface area contributed by atoms with Crippen LogP contribution in [0, 0.1) is 5.92 Å². The van der Waals surface area contributed by atoms with Gasteiger partial charge in [0.25, 0.3) is 15.9 Å². The molecule has 6 nitrogen and oxygen atoms in total. The Kier molecular flexibility index (Phi) is 4.79. The molecule has 1 aliphatic rings. The summed E-state index contributed by atoms with van der Waals surface area (Å²) in [7, 11) is -3.77. The molecule has 1 aromatic carbocycles. The fraction of sp³-hybridized carbons (Fsp3) is 0.353. The first-order chi connectivity index (χ1) is 11.8. The van der Waals surface area contributed by atoms with Gasteiger partial charge in [0, 0.05) is 36.5 Å². The molecule has 8 heteroatoms. The summed E-state index contributed by atoms with van der Waals surface area (Å²) < 4.78 is 29.4. The standard InChI is InChI=1S/C17H20ClN3O3S/c1-12(2)10-21-8-7-20-11-15(9-16(20)17(21)22)25(23,24)19-14-5-3-13(18)4-6-14/h3-6,9,11-12,19H,7-8,10H2,1-2H3. The second-order valence-electron chi connectivity index (χ2n) is 6.51.